The maximum absolute atomic E-state index is 13.6. The molecule has 1 saturated heterocycles. The molecule has 1 aliphatic rings. The summed E-state index contributed by atoms with van der Waals surface area (Å²) in [5.74, 6) is -1.83. The molecule has 31 heavy (non-hydrogen) atoms. The highest BCUT2D eigenvalue weighted by Crippen LogP contribution is 2.24. The molecule has 1 aliphatic heterocycles. The van der Waals surface area contributed by atoms with Gasteiger partial charge in [-0.25, -0.2) is 13.9 Å². The van der Waals surface area contributed by atoms with Crippen molar-refractivity contribution in [3.63, 3.8) is 0 Å². The normalized spacial score (nSPS) is 16.0. The van der Waals surface area contributed by atoms with Gasteiger partial charge >= 0.3 is 5.97 Å². The van der Waals surface area contributed by atoms with Crippen LogP contribution in [0.15, 0.2) is 48.5 Å². The molecule has 0 saturated carbocycles. The van der Waals surface area contributed by atoms with Gasteiger partial charge in [-0.2, -0.15) is 5.10 Å². The van der Waals surface area contributed by atoms with Crippen molar-refractivity contribution in [2.45, 2.75) is 26.7 Å². The minimum absolute atomic E-state index is 0.0313. The molecule has 0 radical (unpaired) electrons. The standard InChI is InChI=1S/C24H24FN3O3/c1-15-10-16(2)28(26-15)20-5-3-4-19(13-20)23(29)27-9-8-18(14-27)11-17-6-7-22(25)21(12-17)24(30)31/h3-7,10,12-13,18H,8-9,11,14H2,1-2H3,(H,30,31). The van der Waals surface area contributed by atoms with Gasteiger partial charge < -0.3 is 10.0 Å². The van der Waals surface area contributed by atoms with Gasteiger partial charge in [0.2, 0.25) is 0 Å². The van der Waals surface area contributed by atoms with Gasteiger partial charge in [0, 0.05) is 24.3 Å². The molecule has 2 heterocycles. The predicted molar refractivity (Wildman–Crippen MR) is 114 cm³/mol. The van der Waals surface area contributed by atoms with Gasteiger partial charge in [-0.05, 0) is 74.6 Å². The highest BCUT2D eigenvalue weighted by atomic mass is 19.1. The lowest BCUT2D eigenvalue weighted by atomic mass is 9.97. The van der Waals surface area contributed by atoms with E-state index in [4.69, 9.17) is 5.11 Å². The van der Waals surface area contributed by atoms with Gasteiger partial charge in [0.1, 0.15) is 5.82 Å². The van der Waals surface area contributed by atoms with E-state index in [1.807, 2.05) is 53.8 Å². The third-order valence-corrected chi connectivity index (χ3v) is 5.71. The number of aryl methyl sites for hydroxylation is 2. The molecule has 4 rings (SSSR count). The van der Waals surface area contributed by atoms with Crippen LogP contribution in [0.2, 0.25) is 0 Å². The molecule has 0 bridgehead atoms. The molecule has 1 atom stereocenters. The molecule has 7 heteroatoms. The third-order valence-electron chi connectivity index (χ3n) is 5.71. The number of rotatable bonds is 5. The molecule has 1 aromatic heterocycles. The Morgan fingerprint density at radius 1 is 1.16 bits per heavy atom. The summed E-state index contributed by atoms with van der Waals surface area (Å²) in [5.41, 5.74) is 3.83. The van der Waals surface area contributed by atoms with E-state index >= 15 is 0 Å². The van der Waals surface area contributed by atoms with Crippen molar-refractivity contribution in [3.05, 3.63) is 82.4 Å². The van der Waals surface area contributed by atoms with Crippen molar-refractivity contribution in [3.8, 4) is 5.69 Å². The van der Waals surface area contributed by atoms with E-state index in [9.17, 15) is 14.0 Å². The van der Waals surface area contributed by atoms with E-state index in [2.05, 4.69) is 5.10 Å². The van der Waals surface area contributed by atoms with E-state index in [1.165, 1.54) is 12.1 Å². The first-order valence-electron chi connectivity index (χ1n) is 10.3. The number of nitrogens with zero attached hydrogens (tertiary/aromatic N) is 3. The number of likely N-dealkylation sites (tertiary alicyclic amines) is 1. The fraction of sp³-hybridized carbons (Fsp3) is 0.292. The van der Waals surface area contributed by atoms with Crippen molar-refractivity contribution in [2.24, 2.45) is 5.92 Å². The number of carboxylic acids is 1. The van der Waals surface area contributed by atoms with Gasteiger partial charge in [-0.3, -0.25) is 4.79 Å². The lowest BCUT2D eigenvalue weighted by molar-refractivity contribution is 0.0691. The minimum Gasteiger partial charge on any atom is -0.478 e. The SMILES string of the molecule is Cc1cc(C)n(-c2cccc(C(=O)N3CCC(Cc4ccc(F)c(C(=O)O)c4)C3)c2)n1. The first-order valence-corrected chi connectivity index (χ1v) is 10.3. The molecule has 0 aliphatic carbocycles. The van der Waals surface area contributed by atoms with Crippen LogP contribution in [0.4, 0.5) is 4.39 Å². The monoisotopic (exact) mass is 421 g/mol. The summed E-state index contributed by atoms with van der Waals surface area (Å²) in [4.78, 5) is 26.1. The highest BCUT2D eigenvalue weighted by molar-refractivity contribution is 5.95. The van der Waals surface area contributed by atoms with Crippen LogP contribution in [0, 0.1) is 25.6 Å². The molecular weight excluding hydrogens is 397 g/mol. The molecule has 0 spiro atoms. The molecule has 1 unspecified atom stereocenters. The third kappa shape index (κ3) is 4.35. The number of benzene rings is 2. The van der Waals surface area contributed by atoms with E-state index in [1.54, 1.807) is 6.07 Å². The highest BCUT2D eigenvalue weighted by Gasteiger charge is 2.27. The second kappa shape index (κ2) is 8.34. The number of carboxylic acid groups (broad SMARTS) is 1. The van der Waals surface area contributed by atoms with Crippen LogP contribution in [0.5, 0.6) is 0 Å². The van der Waals surface area contributed by atoms with E-state index in [0.29, 0.717) is 25.1 Å². The Hall–Kier alpha value is -3.48. The average molecular weight is 421 g/mol. The molecule has 160 valence electrons. The molecular formula is C24H24FN3O3. The number of halogens is 1. The Balaban J connectivity index is 1.46. The maximum atomic E-state index is 13.6. The van der Waals surface area contributed by atoms with Crippen molar-refractivity contribution in [1.82, 2.24) is 14.7 Å². The zero-order chi connectivity index (χ0) is 22.1. The number of aromatic carboxylic acids is 1. The summed E-state index contributed by atoms with van der Waals surface area (Å²) in [5, 5.41) is 13.6. The summed E-state index contributed by atoms with van der Waals surface area (Å²) >= 11 is 0. The molecule has 3 aromatic rings. The molecule has 1 fully saturated rings. The van der Waals surface area contributed by atoms with Crippen LogP contribution in [0.1, 0.15) is 44.1 Å². The Morgan fingerprint density at radius 2 is 1.97 bits per heavy atom. The number of amides is 1. The molecule has 6 nitrogen and oxygen atoms in total. The summed E-state index contributed by atoms with van der Waals surface area (Å²) in [6, 6.07) is 13.6. The minimum atomic E-state index is -1.27. The van der Waals surface area contributed by atoms with Crippen LogP contribution in [0.3, 0.4) is 0 Å². The zero-order valence-corrected chi connectivity index (χ0v) is 17.5. The van der Waals surface area contributed by atoms with Crippen molar-refractivity contribution < 1.29 is 19.1 Å². The number of carbonyl (C=O) groups is 2. The molecule has 1 N–H and O–H groups in total. The fourth-order valence-electron chi connectivity index (χ4n) is 4.22. The van der Waals surface area contributed by atoms with Crippen LogP contribution in [-0.4, -0.2) is 44.8 Å². The van der Waals surface area contributed by atoms with Crippen LogP contribution in [-0.2, 0) is 6.42 Å². The van der Waals surface area contributed by atoms with Crippen LogP contribution in [0.25, 0.3) is 5.69 Å². The Morgan fingerprint density at radius 3 is 2.68 bits per heavy atom. The molecule has 2 aromatic carbocycles. The Kier molecular flexibility index (Phi) is 5.59. The maximum Gasteiger partial charge on any atom is 0.338 e. The van der Waals surface area contributed by atoms with Gasteiger partial charge in [0.05, 0.1) is 16.9 Å². The fourth-order valence-corrected chi connectivity index (χ4v) is 4.22. The summed E-state index contributed by atoms with van der Waals surface area (Å²) in [7, 11) is 0. The van der Waals surface area contributed by atoms with E-state index < -0.39 is 11.8 Å². The quantitative estimate of drug-likeness (QED) is 0.675. The summed E-state index contributed by atoms with van der Waals surface area (Å²) in [6.45, 7) is 5.14. The Labute approximate surface area is 179 Å². The lowest BCUT2D eigenvalue weighted by Gasteiger charge is -2.17. The second-order valence-electron chi connectivity index (χ2n) is 8.12. The first-order chi connectivity index (χ1) is 14.8. The van der Waals surface area contributed by atoms with Gasteiger partial charge in [-0.1, -0.05) is 12.1 Å². The average Bonchev–Trinajstić information content (AvgIpc) is 3.34. The van der Waals surface area contributed by atoms with E-state index in [-0.39, 0.29) is 17.4 Å². The number of carbonyl (C=O) groups excluding carboxylic acids is 1. The first kappa shape index (κ1) is 20.8. The summed E-state index contributed by atoms with van der Waals surface area (Å²) < 4.78 is 15.5. The van der Waals surface area contributed by atoms with Crippen molar-refractivity contribution >= 4 is 11.9 Å². The predicted octanol–water partition coefficient (Wildman–Crippen LogP) is 4.03. The Bertz CT molecular complexity index is 1150. The van der Waals surface area contributed by atoms with Gasteiger partial charge in [0.15, 0.2) is 0 Å². The van der Waals surface area contributed by atoms with E-state index in [0.717, 1.165) is 29.1 Å². The van der Waals surface area contributed by atoms with Gasteiger partial charge in [0.25, 0.3) is 5.91 Å². The lowest BCUT2D eigenvalue weighted by Crippen LogP contribution is -2.29. The number of hydrogen-bond acceptors (Lipinski definition) is 3. The number of aromatic nitrogens is 2. The van der Waals surface area contributed by atoms with Crippen LogP contribution >= 0.6 is 0 Å². The van der Waals surface area contributed by atoms with Crippen molar-refractivity contribution in [1.29, 1.82) is 0 Å². The zero-order valence-electron chi connectivity index (χ0n) is 17.5. The number of hydrogen-bond donors (Lipinski definition) is 1. The van der Waals surface area contributed by atoms with Crippen molar-refractivity contribution in [2.75, 3.05) is 13.1 Å². The smallest absolute Gasteiger partial charge is 0.338 e. The van der Waals surface area contributed by atoms with Gasteiger partial charge in [-0.15, -0.1) is 0 Å². The second-order valence-corrected chi connectivity index (χ2v) is 8.12. The largest absolute Gasteiger partial charge is 0.478 e. The molecule has 1 amide bonds. The topological polar surface area (TPSA) is 75.4 Å². The summed E-state index contributed by atoms with van der Waals surface area (Å²) in [6.07, 6.45) is 1.43. The van der Waals surface area contributed by atoms with Crippen LogP contribution < -0.4 is 0 Å².